The monoisotopic (exact) mass is 683 g/mol. The topological polar surface area (TPSA) is 134 Å². The lowest BCUT2D eigenvalue weighted by Crippen LogP contribution is -2.54. The van der Waals surface area contributed by atoms with Crippen molar-refractivity contribution in [1.29, 1.82) is 0 Å². The van der Waals surface area contributed by atoms with Crippen molar-refractivity contribution in [3.8, 4) is 5.75 Å². The Hall–Kier alpha value is -4.12. The smallest absolute Gasteiger partial charge is 0.359 e. The zero-order chi connectivity index (χ0) is 33.1. The van der Waals surface area contributed by atoms with Gasteiger partial charge in [-0.2, -0.15) is 0 Å². The molecule has 2 aromatic rings. The number of hydrogen-bond donors (Lipinski definition) is 3. The van der Waals surface area contributed by atoms with E-state index in [0.29, 0.717) is 41.3 Å². The molecule has 3 atom stereocenters. The van der Waals surface area contributed by atoms with Crippen molar-refractivity contribution >= 4 is 45.4 Å². The minimum Gasteiger partial charge on any atom is -0.507 e. The largest absolute Gasteiger partial charge is 0.507 e. The number of cyclic esters (lactones) is 1. The quantitative estimate of drug-likeness (QED) is 0.179. The highest BCUT2D eigenvalue weighted by atomic mass is 79.9. The SMILES string of the molecule is CO/C(=C1\NC(=O)[C@@H](Cc2ccc(O)c(Br)c2)N(C)C(=O)[C@H](C)NC(=O)CCC/C=C(\C)CC[C@H](C)OC1=O)c1ccccc1. The Bertz CT molecular complexity index is 1440. The maximum absolute atomic E-state index is 14.1. The van der Waals surface area contributed by atoms with E-state index in [2.05, 4.69) is 32.6 Å². The molecule has 2 aromatic carbocycles. The molecule has 0 saturated heterocycles. The minimum atomic E-state index is -1.13. The molecule has 1 heterocycles. The molecule has 1 aliphatic heterocycles. The molecule has 0 spiro atoms. The summed E-state index contributed by atoms with van der Waals surface area (Å²) in [4.78, 5) is 55.3. The molecule has 3 N–H and O–H groups in total. The van der Waals surface area contributed by atoms with E-state index in [-0.39, 0.29) is 36.0 Å². The summed E-state index contributed by atoms with van der Waals surface area (Å²) in [7, 11) is 2.87. The third kappa shape index (κ3) is 10.2. The number of aromatic hydroxyl groups is 1. The van der Waals surface area contributed by atoms with Gasteiger partial charge in [0.1, 0.15) is 17.8 Å². The second-order valence-corrected chi connectivity index (χ2v) is 12.1. The lowest BCUT2D eigenvalue weighted by atomic mass is 10.0. The van der Waals surface area contributed by atoms with Gasteiger partial charge in [0.2, 0.25) is 17.7 Å². The molecule has 0 saturated carbocycles. The molecule has 3 amide bonds. The molecular weight excluding hydrogens is 642 g/mol. The van der Waals surface area contributed by atoms with Crippen LogP contribution in [0.4, 0.5) is 0 Å². The Balaban J connectivity index is 2.09. The van der Waals surface area contributed by atoms with Gasteiger partial charge in [0.15, 0.2) is 11.5 Å². The highest BCUT2D eigenvalue weighted by molar-refractivity contribution is 9.10. The Morgan fingerprint density at radius 2 is 1.80 bits per heavy atom. The first-order valence-electron chi connectivity index (χ1n) is 15.0. The van der Waals surface area contributed by atoms with E-state index < -0.39 is 36.0 Å². The number of phenols is 1. The fourth-order valence-electron chi connectivity index (χ4n) is 4.95. The zero-order valence-electron chi connectivity index (χ0n) is 26.4. The number of benzene rings is 2. The molecule has 0 radical (unpaired) electrons. The molecule has 45 heavy (non-hydrogen) atoms. The molecule has 10 nitrogen and oxygen atoms in total. The number of likely N-dealkylation sites (N-methyl/N-ethyl adjacent to an activating group) is 1. The van der Waals surface area contributed by atoms with Crippen LogP contribution in [0, 0.1) is 0 Å². The summed E-state index contributed by atoms with van der Waals surface area (Å²) in [6, 6.07) is 11.6. The van der Waals surface area contributed by atoms with E-state index >= 15 is 0 Å². The summed E-state index contributed by atoms with van der Waals surface area (Å²) in [6.07, 6.45) is 4.40. The number of allylic oxidation sites excluding steroid dienone is 2. The van der Waals surface area contributed by atoms with Crippen LogP contribution in [0.25, 0.3) is 5.76 Å². The predicted octanol–water partition coefficient (Wildman–Crippen LogP) is 5.00. The number of hydrogen-bond acceptors (Lipinski definition) is 7. The van der Waals surface area contributed by atoms with Crippen LogP contribution in [0.1, 0.15) is 64.0 Å². The Kier molecular flexibility index (Phi) is 13.2. The molecule has 3 rings (SSSR count). The van der Waals surface area contributed by atoms with E-state index in [1.807, 2.05) is 13.0 Å². The predicted molar refractivity (Wildman–Crippen MR) is 175 cm³/mol. The number of nitrogens with one attached hydrogen (secondary N) is 2. The summed E-state index contributed by atoms with van der Waals surface area (Å²) >= 11 is 3.30. The summed E-state index contributed by atoms with van der Waals surface area (Å²) < 4.78 is 11.9. The van der Waals surface area contributed by atoms with Crippen molar-refractivity contribution in [2.45, 2.75) is 77.5 Å². The van der Waals surface area contributed by atoms with Crippen LogP contribution in [0.2, 0.25) is 0 Å². The standard InChI is InChI=1S/C34H42BrN3O7/c1-21-11-9-10-14-29(40)36-23(3)33(42)38(4)27(20-24-17-18-28(39)26(35)19-24)32(41)37-30(34(43)45-22(2)16-15-21)31(44-5)25-12-7-6-8-13-25/h6-8,11-13,17-19,22-23,27,39H,9-10,14-16,20H2,1-5H3,(H,36,40)(H,37,41)/b21-11+,31-30-/t22-,23-,27+/m0/s1. The van der Waals surface area contributed by atoms with Gasteiger partial charge in [0, 0.05) is 25.5 Å². The average Bonchev–Trinajstić information content (AvgIpc) is 3.01. The van der Waals surface area contributed by atoms with Gasteiger partial charge in [-0.15, -0.1) is 0 Å². The summed E-state index contributed by atoms with van der Waals surface area (Å²) in [5, 5.41) is 15.5. The first kappa shape index (κ1) is 35.4. The van der Waals surface area contributed by atoms with Gasteiger partial charge in [-0.05, 0) is 80.1 Å². The number of amides is 3. The van der Waals surface area contributed by atoms with Crippen LogP contribution in [-0.2, 0) is 35.1 Å². The minimum absolute atomic E-state index is 0.0181. The molecular formula is C34H42BrN3O7. The van der Waals surface area contributed by atoms with Crippen LogP contribution >= 0.6 is 15.9 Å². The van der Waals surface area contributed by atoms with Gasteiger partial charge in [0.25, 0.3) is 0 Å². The second-order valence-electron chi connectivity index (χ2n) is 11.2. The van der Waals surface area contributed by atoms with Crippen molar-refractivity contribution < 1.29 is 33.8 Å². The number of halogens is 1. The molecule has 1 aliphatic rings. The number of nitrogens with zero attached hydrogens (tertiary/aromatic N) is 1. The van der Waals surface area contributed by atoms with Crippen molar-refractivity contribution in [3.63, 3.8) is 0 Å². The van der Waals surface area contributed by atoms with Crippen LogP contribution in [-0.4, -0.2) is 66.0 Å². The van der Waals surface area contributed by atoms with Crippen molar-refractivity contribution in [2.75, 3.05) is 14.2 Å². The third-order valence-electron chi connectivity index (χ3n) is 7.58. The number of methoxy groups -OCH3 is 1. The fraction of sp³-hybridized carbons (Fsp3) is 0.412. The highest BCUT2D eigenvalue weighted by Gasteiger charge is 2.33. The van der Waals surface area contributed by atoms with E-state index in [1.165, 1.54) is 25.1 Å². The summed E-state index contributed by atoms with van der Waals surface area (Å²) in [5.41, 5.74) is 2.08. The molecule has 0 aliphatic carbocycles. The van der Waals surface area contributed by atoms with E-state index in [1.54, 1.807) is 50.2 Å². The van der Waals surface area contributed by atoms with Crippen LogP contribution < -0.4 is 10.6 Å². The number of esters is 1. The van der Waals surface area contributed by atoms with Crippen LogP contribution in [0.15, 0.2) is 70.3 Å². The Morgan fingerprint density at radius 3 is 2.47 bits per heavy atom. The normalized spacial score (nSPS) is 23.7. The average molecular weight is 685 g/mol. The molecule has 0 fully saturated rings. The van der Waals surface area contributed by atoms with E-state index in [9.17, 15) is 24.3 Å². The summed E-state index contributed by atoms with van der Waals surface area (Å²) in [5.74, 6) is -2.09. The Morgan fingerprint density at radius 1 is 1.09 bits per heavy atom. The number of carbonyl (C=O) groups is 4. The first-order valence-corrected chi connectivity index (χ1v) is 15.7. The zero-order valence-corrected chi connectivity index (χ0v) is 28.0. The lowest BCUT2D eigenvalue weighted by Gasteiger charge is -2.30. The van der Waals surface area contributed by atoms with E-state index in [4.69, 9.17) is 9.47 Å². The molecule has 11 heteroatoms. The van der Waals surface area contributed by atoms with Gasteiger partial charge >= 0.3 is 5.97 Å². The lowest BCUT2D eigenvalue weighted by molar-refractivity contribution is -0.146. The van der Waals surface area contributed by atoms with Crippen LogP contribution in [0.5, 0.6) is 5.75 Å². The van der Waals surface area contributed by atoms with Crippen LogP contribution in [0.3, 0.4) is 0 Å². The van der Waals surface area contributed by atoms with Gasteiger partial charge in [-0.1, -0.05) is 48.0 Å². The third-order valence-corrected chi connectivity index (χ3v) is 8.22. The van der Waals surface area contributed by atoms with Crippen molar-refractivity contribution in [2.24, 2.45) is 0 Å². The molecule has 0 aromatic heterocycles. The number of rotatable bonds is 4. The maximum atomic E-state index is 14.1. The van der Waals surface area contributed by atoms with Crippen molar-refractivity contribution in [3.05, 3.63) is 81.5 Å². The van der Waals surface area contributed by atoms with Crippen molar-refractivity contribution in [1.82, 2.24) is 15.5 Å². The first-order chi connectivity index (χ1) is 21.4. The van der Waals surface area contributed by atoms with E-state index in [0.717, 1.165) is 5.57 Å². The van der Waals surface area contributed by atoms with Gasteiger partial charge in [-0.25, -0.2) is 4.79 Å². The second kappa shape index (κ2) is 16.8. The maximum Gasteiger partial charge on any atom is 0.359 e. The Labute approximate surface area is 273 Å². The number of ether oxygens (including phenoxy) is 2. The number of carbonyl (C=O) groups excluding carboxylic acids is 4. The summed E-state index contributed by atoms with van der Waals surface area (Å²) in [6.45, 7) is 5.34. The highest BCUT2D eigenvalue weighted by Crippen LogP contribution is 2.26. The molecule has 0 unspecified atom stereocenters. The number of phenolic OH excluding ortho intramolecular Hbond substituents is 1. The molecule has 242 valence electrons. The van der Waals surface area contributed by atoms with Gasteiger partial charge in [-0.3, -0.25) is 14.4 Å². The fourth-order valence-corrected chi connectivity index (χ4v) is 5.37. The van der Waals surface area contributed by atoms with Gasteiger partial charge in [0.05, 0.1) is 17.7 Å². The van der Waals surface area contributed by atoms with Gasteiger partial charge < -0.3 is 30.1 Å². The molecule has 0 bridgehead atoms.